The number of carbonyl (C=O) groups excluding carboxylic acids is 2. The number of rotatable bonds is 13. The Morgan fingerprint density at radius 1 is 0.842 bits per heavy atom. The van der Waals surface area contributed by atoms with Crippen molar-refractivity contribution < 1.29 is 33.0 Å². The predicted octanol–water partition coefficient (Wildman–Crippen LogP) is 5.47. The summed E-state index contributed by atoms with van der Waals surface area (Å²) in [5.41, 5.74) is 1.86. The first-order valence-electron chi connectivity index (χ1n) is 13.1. The Bertz CT molecular complexity index is 1020. The minimum absolute atomic E-state index is 0.119. The van der Waals surface area contributed by atoms with Crippen LogP contribution in [0.25, 0.3) is 0 Å². The van der Waals surface area contributed by atoms with E-state index in [-0.39, 0.29) is 18.3 Å². The van der Waals surface area contributed by atoms with Crippen molar-refractivity contribution in [3.63, 3.8) is 0 Å². The van der Waals surface area contributed by atoms with Gasteiger partial charge in [0.25, 0.3) is 0 Å². The van der Waals surface area contributed by atoms with Gasteiger partial charge >= 0.3 is 0 Å². The molecule has 2 aromatic rings. The van der Waals surface area contributed by atoms with Crippen LogP contribution in [0.4, 0.5) is 0 Å². The van der Waals surface area contributed by atoms with Gasteiger partial charge < -0.3 is 33.0 Å². The molecule has 0 radical (unpaired) electrons. The van der Waals surface area contributed by atoms with E-state index in [0.717, 1.165) is 23.7 Å². The fourth-order valence-electron chi connectivity index (χ4n) is 4.14. The zero-order chi connectivity index (χ0) is 28.0. The van der Waals surface area contributed by atoms with Crippen molar-refractivity contribution in [1.82, 2.24) is 0 Å². The third-order valence-corrected chi connectivity index (χ3v) is 11.7. The van der Waals surface area contributed by atoms with Gasteiger partial charge in [-0.2, -0.15) is 0 Å². The van der Waals surface area contributed by atoms with E-state index in [1.807, 2.05) is 60.7 Å². The van der Waals surface area contributed by atoms with E-state index in [2.05, 4.69) is 33.9 Å². The Morgan fingerprint density at radius 3 is 1.82 bits per heavy atom. The number of hydrogen-bond donors (Lipinski definition) is 0. The van der Waals surface area contributed by atoms with E-state index in [1.54, 1.807) is 13.8 Å². The van der Waals surface area contributed by atoms with E-state index < -0.39 is 44.6 Å². The van der Waals surface area contributed by atoms with Gasteiger partial charge in [0, 0.05) is 0 Å². The lowest BCUT2D eigenvalue weighted by atomic mass is 9.99. The van der Waals surface area contributed by atoms with Gasteiger partial charge in [0.1, 0.15) is 36.8 Å². The topological polar surface area (TPSA) is 80.3 Å². The zero-order valence-electron chi connectivity index (χ0n) is 23.6. The summed E-state index contributed by atoms with van der Waals surface area (Å²) in [7, 11) is -2.34. The summed E-state index contributed by atoms with van der Waals surface area (Å²) in [6, 6.07) is 19.3. The second kappa shape index (κ2) is 12.8. The third-order valence-electron chi connectivity index (χ3n) is 7.21. The zero-order valence-corrected chi connectivity index (χ0v) is 24.6. The maximum absolute atomic E-state index is 12.4. The van der Waals surface area contributed by atoms with Crippen LogP contribution in [0.3, 0.4) is 0 Å². The number of hydrogen-bond acceptors (Lipinski definition) is 7. The van der Waals surface area contributed by atoms with E-state index in [9.17, 15) is 9.59 Å². The van der Waals surface area contributed by atoms with Crippen LogP contribution in [-0.4, -0.2) is 57.2 Å². The van der Waals surface area contributed by atoms with Crippen molar-refractivity contribution >= 4 is 20.9 Å². The van der Waals surface area contributed by atoms with E-state index in [0.29, 0.717) is 0 Å². The third kappa shape index (κ3) is 7.91. The summed E-state index contributed by atoms with van der Waals surface area (Å²) in [5, 5.41) is -0.119. The smallest absolute Gasteiger partial charge is 0.193 e. The van der Waals surface area contributed by atoms with Gasteiger partial charge in [-0.1, -0.05) is 81.4 Å². The molecule has 0 N–H and O–H groups in total. The SMILES string of the molecule is CC1(C)O[C@H]([C@@H](OCc2ccccc2)[C@H](C=O)OCc2ccccc2)[C@@H]([C@H](C=O)O[Si](C)(C)C(C)(C)C)O1. The van der Waals surface area contributed by atoms with Crippen molar-refractivity contribution in [3.05, 3.63) is 71.8 Å². The Kier molecular flexibility index (Phi) is 10.2. The maximum Gasteiger partial charge on any atom is 0.193 e. The van der Waals surface area contributed by atoms with Gasteiger partial charge in [0.05, 0.1) is 13.2 Å². The van der Waals surface area contributed by atoms with Crippen molar-refractivity contribution in [2.75, 3.05) is 0 Å². The molecule has 38 heavy (non-hydrogen) atoms. The van der Waals surface area contributed by atoms with E-state index >= 15 is 0 Å². The maximum atomic E-state index is 12.4. The fourth-order valence-corrected chi connectivity index (χ4v) is 5.36. The van der Waals surface area contributed by atoms with Crippen LogP contribution in [-0.2, 0) is 46.2 Å². The molecule has 0 aromatic heterocycles. The van der Waals surface area contributed by atoms with Crippen LogP contribution in [0.1, 0.15) is 45.7 Å². The molecule has 0 saturated carbocycles. The van der Waals surface area contributed by atoms with Gasteiger partial charge in [-0.05, 0) is 43.1 Å². The molecule has 5 atom stereocenters. The lowest BCUT2D eigenvalue weighted by molar-refractivity contribution is -0.179. The molecule has 1 heterocycles. The lowest BCUT2D eigenvalue weighted by Crippen LogP contribution is -2.54. The van der Waals surface area contributed by atoms with Crippen LogP contribution in [0, 0.1) is 0 Å². The molecule has 1 aliphatic rings. The number of aldehydes is 2. The van der Waals surface area contributed by atoms with Gasteiger partial charge in [-0.25, -0.2) is 0 Å². The van der Waals surface area contributed by atoms with Crippen molar-refractivity contribution in [2.24, 2.45) is 0 Å². The van der Waals surface area contributed by atoms with E-state index in [1.165, 1.54) is 0 Å². The predicted molar refractivity (Wildman–Crippen MR) is 148 cm³/mol. The normalized spacial score (nSPS) is 22.0. The average Bonchev–Trinajstić information content (AvgIpc) is 3.19. The van der Waals surface area contributed by atoms with E-state index in [4.69, 9.17) is 23.4 Å². The highest BCUT2D eigenvalue weighted by Crippen LogP contribution is 2.40. The first-order valence-corrected chi connectivity index (χ1v) is 16.0. The molecule has 0 spiro atoms. The standard InChI is InChI=1S/C30H42O7Si/c1-29(2,3)38(6,7)37-25(19-32)27-28(36-30(4,5)35-27)26(34-21-23-16-12-9-13-17-23)24(18-31)33-20-22-14-10-8-11-15-22/h8-19,24-28H,20-21H2,1-7H3/t24-,25-,26-,27+,28+/m0/s1. The minimum atomic E-state index is -2.34. The molecule has 2 aromatic carbocycles. The molecule has 1 fully saturated rings. The molecule has 8 heteroatoms. The molecular weight excluding hydrogens is 500 g/mol. The average molecular weight is 543 g/mol. The van der Waals surface area contributed by atoms with Gasteiger partial charge in [0.15, 0.2) is 20.4 Å². The molecule has 7 nitrogen and oxygen atoms in total. The highest BCUT2D eigenvalue weighted by Gasteiger charge is 2.53. The summed E-state index contributed by atoms with van der Waals surface area (Å²) in [6.45, 7) is 14.5. The molecule has 3 rings (SSSR count). The Labute approximate surface area is 227 Å². The Hall–Kier alpha value is -2.20. The molecule has 0 unspecified atom stereocenters. The van der Waals surface area contributed by atoms with Gasteiger partial charge in [0.2, 0.25) is 0 Å². The summed E-state index contributed by atoms with van der Waals surface area (Å²) in [6.07, 6.45) is -2.79. The van der Waals surface area contributed by atoms with Crippen molar-refractivity contribution in [3.8, 4) is 0 Å². The van der Waals surface area contributed by atoms with Crippen molar-refractivity contribution in [1.29, 1.82) is 0 Å². The van der Waals surface area contributed by atoms with Crippen LogP contribution in [0.5, 0.6) is 0 Å². The summed E-state index contributed by atoms with van der Waals surface area (Å²) < 4.78 is 31.5. The van der Waals surface area contributed by atoms with Crippen LogP contribution >= 0.6 is 0 Å². The quantitative estimate of drug-likeness (QED) is 0.245. The highest BCUT2D eigenvalue weighted by molar-refractivity contribution is 6.74. The molecule has 1 aliphatic heterocycles. The minimum Gasteiger partial charge on any atom is -0.404 e. The monoisotopic (exact) mass is 542 g/mol. The first-order chi connectivity index (χ1) is 17.9. The summed E-state index contributed by atoms with van der Waals surface area (Å²) >= 11 is 0. The number of ether oxygens (including phenoxy) is 4. The Morgan fingerprint density at radius 2 is 1.34 bits per heavy atom. The van der Waals surface area contributed by atoms with Crippen LogP contribution in [0.15, 0.2) is 60.7 Å². The summed E-state index contributed by atoms with van der Waals surface area (Å²) in [4.78, 5) is 24.8. The first kappa shape index (κ1) is 30.3. The lowest BCUT2D eigenvalue weighted by Gasteiger charge is -2.40. The molecule has 0 bridgehead atoms. The Balaban J connectivity index is 1.92. The van der Waals surface area contributed by atoms with Crippen LogP contribution in [0.2, 0.25) is 18.1 Å². The van der Waals surface area contributed by atoms with Crippen molar-refractivity contribution in [2.45, 2.75) is 102 Å². The molecule has 1 saturated heterocycles. The molecular formula is C30H42O7Si. The molecule has 208 valence electrons. The van der Waals surface area contributed by atoms with Gasteiger partial charge in [-0.15, -0.1) is 0 Å². The number of benzene rings is 2. The van der Waals surface area contributed by atoms with Gasteiger partial charge in [-0.3, -0.25) is 0 Å². The molecule has 0 amide bonds. The largest absolute Gasteiger partial charge is 0.404 e. The van der Waals surface area contributed by atoms with Crippen LogP contribution < -0.4 is 0 Å². The highest BCUT2D eigenvalue weighted by atomic mass is 28.4. The molecule has 0 aliphatic carbocycles. The fraction of sp³-hybridized carbons (Fsp3) is 0.533. The summed E-state index contributed by atoms with van der Waals surface area (Å²) in [5.74, 6) is -1.02. The second-order valence-electron chi connectivity index (χ2n) is 11.7. The second-order valence-corrected chi connectivity index (χ2v) is 16.5. The number of carbonyl (C=O) groups is 2.